The Hall–Kier alpha value is -4.14. The molecule has 1 aromatic heterocycles. The number of carbonyl (C=O) groups is 1. The van der Waals surface area contributed by atoms with Gasteiger partial charge in [-0.3, -0.25) is 19.7 Å². The molecule has 0 saturated carbocycles. The molecule has 9 heteroatoms. The minimum Gasteiger partial charge on any atom is -0.491 e. The molecule has 0 saturated heterocycles. The molecule has 164 valence electrons. The number of nitrogens with zero attached hydrogens (tertiary/aromatic N) is 4. The molecule has 3 heterocycles. The smallest absolute Gasteiger partial charge is 0.243 e. The Labute approximate surface area is 186 Å². The Balaban J connectivity index is 1.62. The van der Waals surface area contributed by atoms with Gasteiger partial charge in [-0.05, 0) is 30.3 Å². The van der Waals surface area contributed by atoms with Crippen LogP contribution in [0.1, 0.15) is 11.1 Å². The largest absolute Gasteiger partial charge is 0.491 e. The van der Waals surface area contributed by atoms with Crippen LogP contribution in [0.25, 0.3) is 5.70 Å². The van der Waals surface area contributed by atoms with Crippen LogP contribution in [0.2, 0.25) is 0 Å². The number of fused-ring (bicyclic) bond motifs is 3. The zero-order valence-electron chi connectivity index (χ0n) is 17.8. The van der Waals surface area contributed by atoms with E-state index in [0.29, 0.717) is 48.5 Å². The Morgan fingerprint density at radius 1 is 1.34 bits per heavy atom. The third kappa shape index (κ3) is 4.18. The summed E-state index contributed by atoms with van der Waals surface area (Å²) in [5.41, 5.74) is 3.03. The molecule has 1 amide bonds. The van der Waals surface area contributed by atoms with Gasteiger partial charge in [-0.15, -0.1) is 0 Å². The number of carbonyl (C=O) groups excluding carboxylic acids is 1. The number of nitrogens with one attached hydrogen (secondary N) is 2. The first-order valence-electron chi connectivity index (χ1n) is 10.1. The third-order valence-electron chi connectivity index (χ3n) is 4.97. The van der Waals surface area contributed by atoms with Crippen LogP contribution in [0, 0.1) is 0 Å². The van der Waals surface area contributed by atoms with Gasteiger partial charge in [0.1, 0.15) is 18.1 Å². The first kappa shape index (κ1) is 21.1. The summed E-state index contributed by atoms with van der Waals surface area (Å²) < 4.78 is 11.5. The molecule has 4 rings (SSSR count). The summed E-state index contributed by atoms with van der Waals surface area (Å²) >= 11 is 0. The van der Waals surface area contributed by atoms with Gasteiger partial charge >= 0.3 is 0 Å². The van der Waals surface area contributed by atoms with Gasteiger partial charge in [0.25, 0.3) is 0 Å². The van der Waals surface area contributed by atoms with E-state index in [2.05, 4.69) is 33.8 Å². The van der Waals surface area contributed by atoms with Crippen molar-refractivity contribution in [1.29, 1.82) is 0 Å². The predicted molar refractivity (Wildman–Crippen MR) is 123 cm³/mol. The van der Waals surface area contributed by atoms with Gasteiger partial charge in [0, 0.05) is 35.8 Å². The number of methoxy groups -OCH3 is 1. The van der Waals surface area contributed by atoms with Crippen LogP contribution < -0.4 is 20.1 Å². The quantitative estimate of drug-likeness (QED) is 0.490. The molecule has 9 nitrogen and oxygen atoms in total. The van der Waals surface area contributed by atoms with Crippen LogP contribution in [0.3, 0.4) is 0 Å². The van der Waals surface area contributed by atoms with Gasteiger partial charge in [-0.25, -0.2) is 4.99 Å². The molecule has 2 aliphatic heterocycles. The first-order chi connectivity index (χ1) is 15.6. The van der Waals surface area contributed by atoms with Crippen molar-refractivity contribution in [3.8, 4) is 11.5 Å². The lowest BCUT2D eigenvalue weighted by molar-refractivity contribution is -0.116. The van der Waals surface area contributed by atoms with Gasteiger partial charge in [0.2, 0.25) is 11.9 Å². The van der Waals surface area contributed by atoms with E-state index < -0.39 is 0 Å². The fraction of sp³-hybridized carbons (Fsp3) is 0.217. The average Bonchev–Trinajstić information content (AvgIpc) is 3.32. The Kier molecular flexibility index (Phi) is 6.16. The van der Waals surface area contributed by atoms with Gasteiger partial charge in [-0.1, -0.05) is 13.2 Å². The highest BCUT2D eigenvalue weighted by Gasteiger charge is 2.32. The number of aliphatic imine (C=N–C) groups is 2. The molecular formula is C23H24N6O3. The lowest BCUT2D eigenvalue weighted by Gasteiger charge is -2.29. The molecule has 2 aromatic rings. The SMILES string of the molecule is C=CC(=O)NCCOc1ccc2c(c1OC)N=C(NC(=C)c1cccnc1)N1CCN=C21. The number of hydrogen-bond donors (Lipinski definition) is 2. The number of pyridine rings is 1. The van der Waals surface area contributed by atoms with Crippen LogP contribution in [-0.4, -0.2) is 60.9 Å². The van der Waals surface area contributed by atoms with Crippen LogP contribution in [0.15, 0.2) is 65.9 Å². The van der Waals surface area contributed by atoms with E-state index in [1.165, 1.54) is 6.08 Å². The summed E-state index contributed by atoms with van der Waals surface area (Å²) in [6, 6.07) is 7.53. The summed E-state index contributed by atoms with van der Waals surface area (Å²) in [6.07, 6.45) is 4.67. The molecule has 0 radical (unpaired) electrons. The molecular weight excluding hydrogens is 408 g/mol. The molecule has 1 aromatic carbocycles. The first-order valence-corrected chi connectivity index (χ1v) is 10.1. The summed E-state index contributed by atoms with van der Waals surface area (Å²) in [7, 11) is 1.57. The van der Waals surface area contributed by atoms with Gasteiger partial charge in [0.15, 0.2) is 11.5 Å². The van der Waals surface area contributed by atoms with Crippen molar-refractivity contribution in [2.24, 2.45) is 9.98 Å². The second-order valence-corrected chi connectivity index (χ2v) is 6.97. The number of amidine groups is 1. The molecule has 0 bridgehead atoms. The highest BCUT2D eigenvalue weighted by Crippen LogP contribution is 2.43. The van der Waals surface area contributed by atoms with Crippen molar-refractivity contribution in [3.63, 3.8) is 0 Å². The zero-order valence-corrected chi connectivity index (χ0v) is 17.8. The zero-order chi connectivity index (χ0) is 22.5. The molecule has 2 aliphatic rings. The Morgan fingerprint density at radius 2 is 2.22 bits per heavy atom. The Bertz CT molecular complexity index is 1110. The van der Waals surface area contributed by atoms with Crippen molar-refractivity contribution in [1.82, 2.24) is 20.5 Å². The van der Waals surface area contributed by atoms with E-state index in [9.17, 15) is 4.79 Å². The fourth-order valence-electron chi connectivity index (χ4n) is 3.46. The highest BCUT2D eigenvalue weighted by molar-refractivity contribution is 6.17. The predicted octanol–water partition coefficient (Wildman–Crippen LogP) is 2.09. The number of aromatic nitrogens is 1. The highest BCUT2D eigenvalue weighted by atomic mass is 16.5. The minimum absolute atomic E-state index is 0.250. The summed E-state index contributed by atoms with van der Waals surface area (Å²) in [5.74, 6) is 2.20. The lowest BCUT2D eigenvalue weighted by Crippen LogP contribution is -2.44. The van der Waals surface area contributed by atoms with E-state index in [1.54, 1.807) is 19.5 Å². The molecule has 32 heavy (non-hydrogen) atoms. The van der Waals surface area contributed by atoms with E-state index in [-0.39, 0.29) is 12.5 Å². The molecule has 0 fully saturated rings. The number of hydrogen-bond acceptors (Lipinski definition) is 8. The Morgan fingerprint density at radius 3 is 2.97 bits per heavy atom. The van der Waals surface area contributed by atoms with Crippen molar-refractivity contribution in [2.45, 2.75) is 0 Å². The summed E-state index contributed by atoms with van der Waals surface area (Å²) in [4.78, 5) is 27.0. The van der Waals surface area contributed by atoms with Crippen molar-refractivity contribution in [3.05, 3.63) is 67.0 Å². The van der Waals surface area contributed by atoms with E-state index in [0.717, 1.165) is 17.0 Å². The second kappa shape index (κ2) is 9.34. The molecule has 0 spiro atoms. The van der Waals surface area contributed by atoms with Crippen LogP contribution in [0.4, 0.5) is 5.69 Å². The van der Waals surface area contributed by atoms with Crippen molar-refractivity contribution in [2.75, 3.05) is 33.4 Å². The number of ether oxygens (including phenoxy) is 2. The topological polar surface area (TPSA) is 100 Å². The van der Waals surface area contributed by atoms with Crippen LogP contribution >= 0.6 is 0 Å². The summed E-state index contributed by atoms with van der Waals surface area (Å²) in [5, 5.41) is 5.97. The molecule has 2 N–H and O–H groups in total. The van der Waals surface area contributed by atoms with E-state index >= 15 is 0 Å². The monoisotopic (exact) mass is 432 g/mol. The van der Waals surface area contributed by atoms with E-state index in [1.807, 2.05) is 29.2 Å². The van der Waals surface area contributed by atoms with Crippen molar-refractivity contribution < 1.29 is 14.3 Å². The number of guanidine groups is 1. The maximum atomic E-state index is 11.3. The van der Waals surface area contributed by atoms with Crippen LogP contribution in [-0.2, 0) is 4.79 Å². The van der Waals surface area contributed by atoms with Gasteiger partial charge < -0.3 is 20.1 Å². The van der Waals surface area contributed by atoms with Gasteiger partial charge in [0.05, 0.1) is 20.2 Å². The molecule has 0 unspecified atom stereocenters. The van der Waals surface area contributed by atoms with Gasteiger partial charge in [-0.2, -0.15) is 0 Å². The third-order valence-corrected chi connectivity index (χ3v) is 4.97. The standard InChI is InChI=1S/C23H24N6O3/c1-4-19(30)25-11-13-32-18-8-7-17-20(21(18)31-3)28-23(29-12-10-26-22(17)29)27-15(2)16-6-5-9-24-14-16/h4-9,14H,1-2,10-13H2,3H3,(H,25,30)(H,27,28). The average molecular weight is 432 g/mol. The number of rotatable bonds is 8. The fourth-order valence-corrected chi connectivity index (χ4v) is 3.46. The molecule has 0 aliphatic carbocycles. The van der Waals surface area contributed by atoms with Crippen LogP contribution in [0.5, 0.6) is 11.5 Å². The second-order valence-electron chi connectivity index (χ2n) is 6.97. The van der Waals surface area contributed by atoms with Crippen molar-refractivity contribution >= 4 is 29.1 Å². The lowest BCUT2D eigenvalue weighted by atomic mass is 10.1. The summed E-state index contributed by atoms with van der Waals surface area (Å²) in [6.45, 7) is 9.54. The maximum Gasteiger partial charge on any atom is 0.243 e. The molecule has 0 atom stereocenters. The number of amides is 1. The maximum absolute atomic E-state index is 11.3. The number of benzene rings is 1. The minimum atomic E-state index is -0.250. The normalized spacial score (nSPS) is 13.8. The van der Waals surface area contributed by atoms with E-state index in [4.69, 9.17) is 14.5 Å².